The van der Waals surface area contributed by atoms with Gasteiger partial charge < -0.3 is 10.3 Å². The molecule has 0 aromatic carbocycles. The molecule has 0 saturated heterocycles. The minimum Gasteiger partial charge on any atom is -0.382 e. The van der Waals surface area contributed by atoms with Crippen LogP contribution in [-0.4, -0.2) is 14.3 Å². The molecule has 0 unspecified atom stereocenters. The number of hydrogen-bond acceptors (Lipinski definition) is 3. The molecule has 0 atom stereocenters. The van der Waals surface area contributed by atoms with E-state index in [1.165, 1.54) is 0 Å². The first-order valence-corrected chi connectivity index (χ1v) is 6.09. The minimum atomic E-state index is 0.00757. The summed E-state index contributed by atoms with van der Waals surface area (Å²) in [5.41, 5.74) is 5.52. The average Bonchev–Trinajstić information content (AvgIpc) is 2.69. The molecule has 6 heteroatoms. The fourth-order valence-electron chi connectivity index (χ4n) is 1.58. The van der Waals surface area contributed by atoms with Crippen LogP contribution < -0.4 is 11.3 Å². The molecule has 0 fully saturated rings. The number of aromatic nitrogens is 3. The lowest BCUT2D eigenvalue weighted by Crippen LogP contribution is -2.19. The first-order valence-electron chi connectivity index (χ1n) is 5.30. The number of anilines is 1. The number of nitrogens with zero attached hydrogens (tertiary/aromatic N) is 3. The van der Waals surface area contributed by atoms with E-state index in [0.29, 0.717) is 12.4 Å². The number of pyridine rings is 1. The van der Waals surface area contributed by atoms with Gasteiger partial charge in [0.2, 0.25) is 0 Å². The van der Waals surface area contributed by atoms with Gasteiger partial charge >= 0.3 is 0 Å². The molecule has 0 saturated carbocycles. The Hall–Kier alpha value is -1.56. The molecule has 0 radical (unpaired) electrons. The first kappa shape index (κ1) is 11.9. The van der Waals surface area contributed by atoms with Gasteiger partial charge in [-0.15, -0.1) is 0 Å². The monoisotopic (exact) mass is 296 g/mol. The van der Waals surface area contributed by atoms with Gasteiger partial charge in [0.15, 0.2) is 0 Å². The Balaban J connectivity index is 1.94. The highest BCUT2D eigenvalue weighted by atomic mass is 79.9. The van der Waals surface area contributed by atoms with Gasteiger partial charge in [0.1, 0.15) is 5.82 Å². The largest absolute Gasteiger partial charge is 0.382 e. The third kappa shape index (κ3) is 3.20. The second-order valence-electron chi connectivity index (χ2n) is 3.74. The van der Waals surface area contributed by atoms with Crippen LogP contribution in [0.4, 0.5) is 5.82 Å². The second kappa shape index (κ2) is 5.18. The van der Waals surface area contributed by atoms with Crippen LogP contribution in [0.15, 0.2) is 39.9 Å². The van der Waals surface area contributed by atoms with Crippen molar-refractivity contribution in [1.82, 2.24) is 14.3 Å². The molecule has 90 valence electrons. The Kier molecular flexibility index (Phi) is 3.63. The van der Waals surface area contributed by atoms with Crippen molar-refractivity contribution in [2.24, 2.45) is 0 Å². The highest BCUT2D eigenvalue weighted by molar-refractivity contribution is 9.10. The zero-order valence-electron chi connectivity index (χ0n) is 9.21. The van der Waals surface area contributed by atoms with Crippen molar-refractivity contribution in [1.29, 1.82) is 0 Å². The molecule has 0 aliphatic heterocycles. The summed E-state index contributed by atoms with van der Waals surface area (Å²) in [7, 11) is 0. The molecule has 0 bridgehead atoms. The van der Waals surface area contributed by atoms with Crippen molar-refractivity contribution in [2.45, 2.75) is 19.5 Å². The van der Waals surface area contributed by atoms with Gasteiger partial charge in [-0.25, -0.2) is 0 Å². The maximum Gasteiger partial charge on any atom is 0.250 e. The topological polar surface area (TPSA) is 65.8 Å². The quantitative estimate of drug-likeness (QED) is 0.929. The number of nitrogens with two attached hydrogens (primary N) is 1. The summed E-state index contributed by atoms with van der Waals surface area (Å²) in [5, 5.41) is 4.08. The molecule has 2 N–H and O–H groups in total. The molecular formula is C11H13BrN4O. The third-order valence-corrected chi connectivity index (χ3v) is 2.86. The summed E-state index contributed by atoms with van der Waals surface area (Å²) >= 11 is 3.34. The molecule has 0 aliphatic carbocycles. The maximum atomic E-state index is 11.5. The first-order chi connectivity index (χ1) is 8.15. The summed E-state index contributed by atoms with van der Waals surface area (Å²) in [5.74, 6) is 0.518. The molecule has 5 nitrogen and oxygen atoms in total. The van der Waals surface area contributed by atoms with E-state index in [1.807, 2.05) is 6.20 Å². The van der Waals surface area contributed by atoms with Crippen LogP contribution in [0.1, 0.15) is 6.42 Å². The van der Waals surface area contributed by atoms with Gasteiger partial charge in [-0.3, -0.25) is 9.48 Å². The second-order valence-corrected chi connectivity index (χ2v) is 4.65. The van der Waals surface area contributed by atoms with Crippen LogP contribution in [0.2, 0.25) is 0 Å². The summed E-state index contributed by atoms with van der Waals surface area (Å²) in [6, 6.07) is 5.05. The number of rotatable bonds is 4. The predicted molar refractivity (Wildman–Crippen MR) is 69.7 cm³/mol. The molecule has 17 heavy (non-hydrogen) atoms. The molecule has 2 heterocycles. The van der Waals surface area contributed by atoms with E-state index in [-0.39, 0.29) is 5.56 Å². The maximum absolute atomic E-state index is 11.5. The van der Waals surface area contributed by atoms with E-state index in [4.69, 9.17) is 5.73 Å². The van der Waals surface area contributed by atoms with Crippen molar-refractivity contribution in [2.75, 3.05) is 5.73 Å². The highest BCUT2D eigenvalue weighted by Crippen LogP contribution is 2.05. The van der Waals surface area contributed by atoms with Gasteiger partial charge in [-0.1, -0.05) is 0 Å². The smallest absolute Gasteiger partial charge is 0.250 e. The van der Waals surface area contributed by atoms with E-state index in [9.17, 15) is 4.79 Å². The Morgan fingerprint density at radius 1 is 1.29 bits per heavy atom. The zero-order valence-corrected chi connectivity index (χ0v) is 10.8. The number of hydrogen-bond donors (Lipinski definition) is 1. The lowest BCUT2D eigenvalue weighted by Gasteiger charge is -2.05. The van der Waals surface area contributed by atoms with Gasteiger partial charge in [0.25, 0.3) is 5.56 Å². The molecule has 0 spiro atoms. The van der Waals surface area contributed by atoms with Crippen LogP contribution in [0.5, 0.6) is 0 Å². The van der Waals surface area contributed by atoms with Crippen LogP contribution in [0.3, 0.4) is 0 Å². The zero-order chi connectivity index (χ0) is 12.3. The van der Waals surface area contributed by atoms with Gasteiger partial charge in [0.05, 0.1) is 0 Å². The normalized spacial score (nSPS) is 10.6. The molecule has 0 aliphatic rings. The lowest BCUT2D eigenvalue weighted by molar-refractivity contribution is 0.520. The Morgan fingerprint density at radius 3 is 2.82 bits per heavy atom. The van der Waals surface area contributed by atoms with Gasteiger partial charge in [-0.2, -0.15) is 5.10 Å². The van der Waals surface area contributed by atoms with E-state index < -0.39 is 0 Å². The number of aryl methyl sites for hydroxylation is 2. The van der Waals surface area contributed by atoms with E-state index in [1.54, 1.807) is 33.6 Å². The van der Waals surface area contributed by atoms with Crippen LogP contribution >= 0.6 is 15.9 Å². The number of nitrogen functional groups attached to an aromatic ring is 1. The average molecular weight is 297 g/mol. The third-order valence-electron chi connectivity index (χ3n) is 2.39. The SMILES string of the molecule is Nc1ccn(CCCn2cc(Br)ccc2=O)n1. The molecule has 0 amide bonds. The fraction of sp³-hybridized carbons (Fsp3) is 0.273. The van der Waals surface area contributed by atoms with Crippen LogP contribution in [-0.2, 0) is 13.1 Å². The lowest BCUT2D eigenvalue weighted by atomic mass is 10.4. The van der Waals surface area contributed by atoms with E-state index in [0.717, 1.165) is 17.4 Å². The van der Waals surface area contributed by atoms with Crippen LogP contribution in [0, 0.1) is 0 Å². The fourth-order valence-corrected chi connectivity index (χ4v) is 1.96. The van der Waals surface area contributed by atoms with E-state index in [2.05, 4.69) is 21.0 Å². The van der Waals surface area contributed by atoms with Crippen molar-refractivity contribution in [3.63, 3.8) is 0 Å². The van der Waals surface area contributed by atoms with Crippen molar-refractivity contribution < 1.29 is 0 Å². The van der Waals surface area contributed by atoms with Crippen molar-refractivity contribution in [3.05, 3.63) is 45.4 Å². The Bertz CT molecular complexity index is 561. The molecular weight excluding hydrogens is 284 g/mol. The minimum absolute atomic E-state index is 0.00757. The highest BCUT2D eigenvalue weighted by Gasteiger charge is 1.98. The van der Waals surface area contributed by atoms with Gasteiger partial charge in [-0.05, 0) is 34.5 Å². The summed E-state index contributed by atoms with van der Waals surface area (Å²) in [6.45, 7) is 1.41. The van der Waals surface area contributed by atoms with Gasteiger partial charge in [0, 0.05) is 36.0 Å². The van der Waals surface area contributed by atoms with Crippen LogP contribution in [0.25, 0.3) is 0 Å². The summed E-state index contributed by atoms with van der Waals surface area (Å²) in [6.07, 6.45) is 4.45. The van der Waals surface area contributed by atoms with Crippen molar-refractivity contribution >= 4 is 21.7 Å². The van der Waals surface area contributed by atoms with Crippen molar-refractivity contribution in [3.8, 4) is 0 Å². The Morgan fingerprint density at radius 2 is 2.12 bits per heavy atom. The standard InChI is InChI=1S/C11H13BrN4O/c12-9-2-3-11(17)15(8-9)5-1-6-16-7-4-10(13)14-16/h2-4,7-8H,1,5-6H2,(H2,13,14). The summed E-state index contributed by atoms with van der Waals surface area (Å²) in [4.78, 5) is 11.5. The Labute approximate surface area is 107 Å². The molecule has 2 aromatic rings. The predicted octanol–water partition coefficient (Wildman–Crippen LogP) is 1.48. The summed E-state index contributed by atoms with van der Waals surface area (Å²) < 4.78 is 4.36. The molecule has 2 aromatic heterocycles. The number of halogens is 1. The molecule has 2 rings (SSSR count). The van der Waals surface area contributed by atoms with E-state index >= 15 is 0 Å².